The smallest absolute Gasteiger partial charge is 0.331 e. The summed E-state index contributed by atoms with van der Waals surface area (Å²) in [5.74, 6) is 4.98. The summed E-state index contributed by atoms with van der Waals surface area (Å²) in [6, 6.07) is 4.74. The molecule has 0 radical (unpaired) electrons. The van der Waals surface area contributed by atoms with Crippen molar-refractivity contribution >= 4 is 11.5 Å². The molecule has 0 aromatic heterocycles. The number of hydrogen-bond acceptors (Lipinski definition) is 5. The molecule has 0 saturated carbocycles. The Morgan fingerprint density at radius 3 is 2.64 bits per heavy atom. The molecule has 0 amide bonds. The van der Waals surface area contributed by atoms with Gasteiger partial charge in [-0.2, -0.15) is 0 Å². The molecule has 1 saturated heterocycles. The van der Waals surface area contributed by atoms with Crippen LogP contribution in [-0.4, -0.2) is 59.1 Å². The third-order valence-corrected chi connectivity index (χ3v) is 10.6. The topological polar surface area (TPSA) is 42.0 Å². The Kier molecular flexibility index (Phi) is 10.5. The predicted octanol–water partition coefficient (Wildman–Crippen LogP) is 8.22. The summed E-state index contributed by atoms with van der Waals surface area (Å²) >= 11 is 0. The second-order valence-corrected chi connectivity index (χ2v) is 13.9. The molecule has 0 aliphatic carbocycles. The van der Waals surface area contributed by atoms with E-state index in [0.717, 1.165) is 50.2 Å². The first-order chi connectivity index (χ1) is 20.0. The third-order valence-electron chi connectivity index (χ3n) is 10.6. The fourth-order valence-corrected chi connectivity index (χ4v) is 7.45. The van der Waals surface area contributed by atoms with Gasteiger partial charge in [-0.25, -0.2) is 4.79 Å². The quantitative estimate of drug-likeness (QED) is 0.115. The number of likely N-dealkylation sites (tertiary alicyclic amines) is 1. The third kappa shape index (κ3) is 6.61. The second kappa shape index (κ2) is 13.6. The van der Waals surface area contributed by atoms with E-state index in [1.165, 1.54) is 48.8 Å². The number of esters is 1. The lowest BCUT2D eigenvalue weighted by Crippen LogP contribution is -2.58. The van der Waals surface area contributed by atoms with Gasteiger partial charge in [-0.3, -0.25) is 9.80 Å². The van der Waals surface area contributed by atoms with Crippen molar-refractivity contribution in [2.45, 2.75) is 136 Å². The van der Waals surface area contributed by atoms with Crippen LogP contribution in [-0.2, 0) is 4.79 Å². The highest BCUT2D eigenvalue weighted by molar-refractivity contribution is 5.87. The van der Waals surface area contributed by atoms with Gasteiger partial charge in [0.15, 0.2) is 0 Å². The molecule has 4 unspecified atom stereocenters. The summed E-state index contributed by atoms with van der Waals surface area (Å²) in [6.45, 7) is 20.9. The maximum atomic E-state index is 14.3. The fourth-order valence-electron chi connectivity index (χ4n) is 7.45. The van der Waals surface area contributed by atoms with E-state index >= 15 is 0 Å². The molecular formula is C37H56N2O3. The highest BCUT2D eigenvalue weighted by Gasteiger charge is 2.44. The van der Waals surface area contributed by atoms with Crippen molar-refractivity contribution in [2.75, 3.05) is 26.2 Å². The van der Waals surface area contributed by atoms with E-state index in [-0.39, 0.29) is 5.97 Å². The van der Waals surface area contributed by atoms with Gasteiger partial charge in [0, 0.05) is 19.1 Å². The Morgan fingerprint density at radius 2 is 1.98 bits per heavy atom. The van der Waals surface area contributed by atoms with E-state index in [9.17, 15) is 4.79 Å². The van der Waals surface area contributed by atoms with Crippen LogP contribution in [0.2, 0.25) is 0 Å². The van der Waals surface area contributed by atoms with Gasteiger partial charge in [0.25, 0.3) is 0 Å². The second-order valence-electron chi connectivity index (χ2n) is 13.9. The number of carbonyl (C=O) groups is 1. The van der Waals surface area contributed by atoms with E-state index in [2.05, 4.69) is 83.2 Å². The van der Waals surface area contributed by atoms with Gasteiger partial charge in [-0.15, -0.1) is 6.42 Å². The van der Waals surface area contributed by atoms with E-state index in [0.29, 0.717) is 36.6 Å². The highest BCUT2D eigenvalue weighted by Crippen LogP contribution is 2.50. The van der Waals surface area contributed by atoms with E-state index in [1.807, 2.05) is 0 Å². The van der Waals surface area contributed by atoms with E-state index in [1.54, 1.807) is 0 Å². The van der Waals surface area contributed by atoms with Crippen LogP contribution in [0.3, 0.4) is 0 Å². The zero-order valence-electron chi connectivity index (χ0n) is 27.8. The number of rotatable bonds is 11. The molecule has 1 aromatic rings. The van der Waals surface area contributed by atoms with Crippen LogP contribution >= 0.6 is 0 Å². The molecular weight excluding hydrogens is 520 g/mol. The molecule has 232 valence electrons. The van der Waals surface area contributed by atoms with Gasteiger partial charge in [-0.05, 0) is 101 Å². The van der Waals surface area contributed by atoms with Gasteiger partial charge < -0.3 is 9.47 Å². The number of hydrogen-bond donors (Lipinski definition) is 0. The number of fused-ring (bicyclic) bond motifs is 2. The van der Waals surface area contributed by atoms with Gasteiger partial charge >= 0.3 is 5.97 Å². The molecule has 0 spiro atoms. The monoisotopic (exact) mass is 576 g/mol. The summed E-state index contributed by atoms with van der Waals surface area (Å²) in [5, 5.41) is 0. The Balaban J connectivity index is 1.79. The molecule has 0 N–H and O–H groups in total. The SMILES string of the molecule is C#CCN1CCC2=C(C1)c1c(OC(=O)C(C)(CC)N3CCCCC3C)cc(C(C)C(C)CCCCC)cc1OC2(C)C. The molecule has 0 bridgehead atoms. The number of carbonyl (C=O) groups excluding carboxylic acids is 1. The van der Waals surface area contributed by atoms with Crippen LogP contribution in [0.1, 0.15) is 130 Å². The molecule has 3 heterocycles. The molecule has 1 aromatic carbocycles. The zero-order valence-corrected chi connectivity index (χ0v) is 27.8. The number of piperidine rings is 1. The molecule has 4 rings (SSSR count). The normalized spacial score (nSPS) is 23.5. The van der Waals surface area contributed by atoms with Crippen molar-refractivity contribution in [1.82, 2.24) is 9.80 Å². The number of ether oxygens (including phenoxy) is 2. The molecule has 5 heteroatoms. The number of unbranched alkanes of at least 4 members (excludes halogenated alkanes) is 2. The molecule has 3 aliphatic heterocycles. The summed E-state index contributed by atoms with van der Waals surface area (Å²) < 4.78 is 13.4. The zero-order chi connectivity index (χ0) is 30.7. The number of nitrogens with zero attached hydrogens (tertiary/aromatic N) is 2. The van der Waals surface area contributed by atoms with Crippen LogP contribution < -0.4 is 9.47 Å². The van der Waals surface area contributed by atoms with E-state index < -0.39 is 11.1 Å². The Hall–Kier alpha value is -2.29. The van der Waals surface area contributed by atoms with Gasteiger partial charge in [0.1, 0.15) is 22.6 Å². The average molecular weight is 577 g/mol. The van der Waals surface area contributed by atoms with Crippen molar-refractivity contribution in [3.05, 3.63) is 28.8 Å². The standard InChI is InChI=1S/C37H56N2O3/c1-10-13-14-17-26(4)28(6)29-23-32(41-35(40)37(9,12-3)39-21-16-15-18-27(39)5)34-30-25-38(20-11-2)22-19-31(30)36(7,8)42-33(34)24-29/h2,23-24,26-28H,10,12-22,25H2,1,3-9H3. The summed E-state index contributed by atoms with van der Waals surface area (Å²) in [4.78, 5) is 19.0. The van der Waals surface area contributed by atoms with Gasteiger partial charge in [0.05, 0.1) is 12.1 Å². The lowest BCUT2D eigenvalue weighted by Gasteiger charge is -2.45. The van der Waals surface area contributed by atoms with Crippen LogP contribution in [0.4, 0.5) is 0 Å². The Labute approximate surface area is 256 Å². The largest absolute Gasteiger partial charge is 0.483 e. The van der Waals surface area contributed by atoms with Crippen LogP contribution in [0.25, 0.3) is 5.57 Å². The van der Waals surface area contributed by atoms with Crippen molar-refractivity contribution in [2.24, 2.45) is 5.92 Å². The minimum Gasteiger partial charge on any atom is -0.483 e. The molecule has 3 aliphatic rings. The number of benzene rings is 1. The van der Waals surface area contributed by atoms with Crippen molar-refractivity contribution in [3.63, 3.8) is 0 Å². The Bertz CT molecular complexity index is 1190. The summed E-state index contributed by atoms with van der Waals surface area (Å²) in [5.41, 5.74) is 3.51. The fraction of sp³-hybridized carbons (Fsp3) is 0.703. The lowest BCUT2D eigenvalue weighted by molar-refractivity contribution is -0.150. The number of terminal acetylenes is 1. The van der Waals surface area contributed by atoms with E-state index in [4.69, 9.17) is 15.9 Å². The molecule has 1 fully saturated rings. The summed E-state index contributed by atoms with van der Waals surface area (Å²) in [7, 11) is 0. The van der Waals surface area contributed by atoms with Crippen LogP contribution in [0, 0.1) is 18.3 Å². The van der Waals surface area contributed by atoms with Crippen LogP contribution in [0.5, 0.6) is 11.5 Å². The van der Waals surface area contributed by atoms with Gasteiger partial charge in [-0.1, -0.05) is 65.7 Å². The average Bonchev–Trinajstić information content (AvgIpc) is 2.96. The first-order valence-electron chi connectivity index (χ1n) is 16.7. The first kappa shape index (κ1) is 32.6. The van der Waals surface area contributed by atoms with Crippen LogP contribution in [0.15, 0.2) is 17.7 Å². The minimum atomic E-state index is -0.685. The van der Waals surface area contributed by atoms with Crippen molar-refractivity contribution in [3.8, 4) is 23.8 Å². The molecule has 5 nitrogen and oxygen atoms in total. The minimum absolute atomic E-state index is 0.162. The predicted molar refractivity (Wildman–Crippen MR) is 174 cm³/mol. The maximum absolute atomic E-state index is 14.3. The van der Waals surface area contributed by atoms with Crippen molar-refractivity contribution in [1.29, 1.82) is 0 Å². The lowest BCUT2D eigenvalue weighted by atomic mass is 9.79. The van der Waals surface area contributed by atoms with Gasteiger partial charge in [0.2, 0.25) is 0 Å². The van der Waals surface area contributed by atoms with Crippen molar-refractivity contribution < 1.29 is 14.3 Å². The Morgan fingerprint density at radius 1 is 1.21 bits per heavy atom. The summed E-state index contributed by atoms with van der Waals surface area (Å²) in [6.07, 6.45) is 15.7. The highest BCUT2D eigenvalue weighted by atomic mass is 16.5. The first-order valence-corrected chi connectivity index (χ1v) is 16.7. The maximum Gasteiger partial charge on any atom is 0.331 e. The molecule has 4 atom stereocenters. The molecule has 42 heavy (non-hydrogen) atoms.